The molecular formula is C35H42N2O2S. The van der Waals surface area contributed by atoms with Gasteiger partial charge in [0.2, 0.25) is 0 Å². The van der Waals surface area contributed by atoms with E-state index in [1.807, 2.05) is 60.9 Å². The molecule has 4 nitrogen and oxygen atoms in total. The number of unbranched alkanes of at least 4 members (excludes halogenated alkanes) is 6. The van der Waals surface area contributed by atoms with Crippen molar-refractivity contribution in [1.82, 2.24) is 9.97 Å². The van der Waals surface area contributed by atoms with E-state index in [4.69, 9.17) is 4.74 Å². The van der Waals surface area contributed by atoms with Crippen LogP contribution in [0.2, 0.25) is 0 Å². The third-order valence-electron chi connectivity index (χ3n) is 7.31. The minimum Gasteiger partial charge on any atom is -0.425 e. The van der Waals surface area contributed by atoms with E-state index in [0.717, 1.165) is 35.3 Å². The van der Waals surface area contributed by atoms with Gasteiger partial charge in [0, 0.05) is 18.0 Å². The Bertz CT molecular complexity index is 1250. The number of aryl methyl sites for hydroxylation is 1. The van der Waals surface area contributed by atoms with Gasteiger partial charge in [-0.25, -0.2) is 14.8 Å². The predicted octanol–water partition coefficient (Wildman–Crippen LogP) is 9.27. The number of rotatable bonds is 15. The second-order valence-electron chi connectivity index (χ2n) is 10.5. The zero-order valence-corrected chi connectivity index (χ0v) is 24.8. The maximum Gasteiger partial charge on any atom is 0.331 e. The summed E-state index contributed by atoms with van der Waals surface area (Å²) in [7, 11) is 0. The Balaban J connectivity index is 1.40. The van der Waals surface area contributed by atoms with Crippen molar-refractivity contribution < 1.29 is 9.53 Å². The Hall–Kier alpha value is -3.18. The van der Waals surface area contributed by atoms with Gasteiger partial charge in [0.1, 0.15) is 10.5 Å². The van der Waals surface area contributed by atoms with E-state index in [9.17, 15) is 4.79 Å². The minimum atomic E-state index is -0.723. The number of benzene rings is 2. The highest BCUT2D eigenvalue weighted by Crippen LogP contribution is 2.39. The van der Waals surface area contributed by atoms with Crippen LogP contribution in [0.4, 0.5) is 0 Å². The van der Waals surface area contributed by atoms with Crippen molar-refractivity contribution in [3.63, 3.8) is 0 Å². The summed E-state index contributed by atoms with van der Waals surface area (Å²) in [5, 5.41) is 0. The van der Waals surface area contributed by atoms with Crippen LogP contribution < -0.4 is 4.74 Å². The SMILES string of the molecule is CCCCCCSC1(C(=O)Oc2ccc(-c3ncc(CCCCCC)cn3)cc2)C=CC(c2ccccc2)=CC1. The first-order valence-corrected chi connectivity index (χ1v) is 15.8. The van der Waals surface area contributed by atoms with E-state index in [1.54, 1.807) is 11.8 Å². The van der Waals surface area contributed by atoms with Crippen LogP contribution >= 0.6 is 11.8 Å². The number of nitrogens with zero attached hydrogens (tertiary/aromatic N) is 2. The molecule has 0 saturated carbocycles. The zero-order valence-electron chi connectivity index (χ0n) is 24.0. The molecule has 3 aromatic rings. The summed E-state index contributed by atoms with van der Waals surface area (Å²) in [5.41, 5.74) is 4.39. The van der Waals surface area contributed by atoms with Crippen LogP contribution in [0.1, 0.15) is 82.8 Å². The molecule has 1 unspecified atom stereocenters. The number of ether oxygens (including phenoxy) is 1. The molecule has 1 aromatic heterocycles. The van der Waals surface area contributed by atoms with Crippen LogP contribution in [-0.2, 0) is 11.2 Å². The van der Waals surface area contributed by atoms with Crippen LogP contribution in [0, 0.1) is 0 Å². The van der Waals surface area contributed by atoms with Gasteiger partial charge in [0.15, 0.2) is 5.82 Å². The highest BCUT2D eigenvalue weighted by molar-refractivity contribution is 8.01. The number of carbonyl (C=O) groups excluding carboxylic acids is 1. The van der Waals surface area contributed by atoms with E-state index < -0.39 is 4.75 Å². The first-order valence-electron chi connectivity index (χ1n) is 14.9. The molecule has 0 radical (unpaired) electrons. The summed E-state index contributed by atoms with van der Waals surface area (Å²) in [6.07, 6.45) is 21.4. The lowest BCUT2D eigenvalue weighted by Crippen LogP contribution is -2.38. The highest BCUT2D eigenvalue weighted by Gasteiger charge is 2.39. The summed E-state index contributed by atoms with van der Waals surface area (Å²) in [6, 6.07) is 17.8. The highest BCUT2D eigenvalue weighted by atomic mass is 32.2. The third-order valence-corrected chi connectivity index (χ3v) is 8.79. The molecule has 5 heteroatoms. The number of aromatic nitrogens is 2. The van der Waals surface area contributed by atoms with E-state index in [0.29, 0.717) is 18.0 Å². The van der Waals surface area contributed by atoms with E-state index in [1.165, 1.54) is 50.5 Å². The molecule has 0 aliphatic heterocycles. The van der Waals surface area contributed by atoms with Crippen LogP contribution in [0.5, 0.6) is 5.75 Å². The Morgan fingerprint density at radius 3 is 2.20 bits per heavy atom. The topological polar surface area (TPSA) is 52.1 Å². The van der Waals surface area contributed by atoms with Crippen molar-refractivity contribution in [2.75, 3.05) is 5.75 Å². The Labute approximate surface area is 244 Å². The van der Waals surface area contributed by atoms with Gasteiger partial charge in [-0.2, -0.15) is 0 Å². The van der Waals surface area contributed by atoms with Crippen molar-refractivity contribution in [2.24, 2.45) is 0 Å². The van der Waals surface area contributed by atoms with E-state index in [2.05, 4.69) is 48.1 Å². The molecule has 1 heterocycles. The van der Waals surface area contributed by atoms with Gasteiger partial charge < -0.3 is 4.74 Å². The number of esters is 1. The van der Waals surface area contributed by atoms with Crippen molar-refractivity contribution >= 4 is 23.3 Å². The second-order valence-corrected chi connectivity index (χ2v) is 11.9. The zero-order chi connectivity index (χ0) is 28.0. The maximum absolute atomic E-state index is 13.6. The molecule has 0 N–H and O–H groups in total. The molecule has 1 aliphatic rings. The molecule has 1 atom stereocenters. The van der Waals surface area contributed by atoms with Crippen molar-refractivity contribution in [3.05, 3.63) is 96.3 Å². The van der Waals surface area contributed by atoms with Gasteiger partial charge in [-0.05, 0) is 72.4 Å². The van der Waals surface area contributed by atoms with E-state index >= 15 is 0 Å². The maximum atomic E-state index is 13.6. The largest absolute Gasteiger partial charge is 0.425 e. The van der Waals surface area contributed by atoms with E-state index in [-0.39, 0.29) is 5.97 Å². The van der Waals surface area contributed by atoms with Crippen molar-refractivity contribution in [2.45, 2.75) is 82.8 Å². The lowest BCUT2D eigenvalue weighted by molar-refractivity contribution is -0.135. The van der Waals surface area contributed by atoms with Crippen LogP contribution in [0.15, 0.2) is 85.2 Å². The Morgan fingerprint density at radius 1 is 0.850 bits per heavy atom. The van der Waals surface area contributed by atoms with Crippen molar-refractivity contribution in [3.8, 4) is 17.1 Å². The van der Waals surface area contributed by atoms with Gasteiger partial charge in [0.05, 0.1) is 0 Å². The molecule has 0 fully saturated rings. The van der Waals surface area contributed by atoms with Crippen LogP contribution in [0.3, 0.4) is 0 Å². The summed E-state index contributed by atoms with van der Waals surface area (Å²) in [4.78, 5) is 22.8. The fraction of sp³-hybridized carbons (Fsp3) is 0.400. The monoisotopic (exact) mass is 554 g/mol. The fourth-order valence-corrected chi connectivity index (χ4v) is 6.06. The fourth-order valence-electron chi connectivity index (χ4n) is 4.82. The molecule has 0 spiro atoms. The quantitative estimate of drug-likeness (QED) is 0.106. The predicted molar refractivity (Wildman–Crippen MR) is 168 cm³/mol. The average Bonchev–Trinajstić information content (AvgIpc) is 3.01. The summed E-state index contributed by atoms with van der Waals surface area (Å²) in [6.45, 7) is 4.44. The second kappa shape index (κ2) is 15.6. The average molecular weight is 555 g/mol. The van der Waals surface area contributed by atoms with Gasteiger partial charge in [-0.15, -0.1) is 11.8 Å². The number of hydrogen-bond acceptors (Lipinski definition) is 5. The molecule has 210 valence electrons. The van der Waals surface area contributed by atoms with Gasteiger partial charge in [-0.3, -0.25) is 0 Å². The summed E-state index contributed by atoms with van der Waals surface area (Å²) in [5.74, 6) is 1.93. The van der Waals surface area contributed by atoms with Crippen LogP contribution in [-0.4, -0.2) is 26.4 Å². The molecule has 1 aliphatic carbocycles. The number of allylic oxidation sites excluding steroid dienone is 3. The Kier molecular flexibility index (Phi) is 11.6. The smallest absolute Gasteiger partial charge is 0.331 e. The minimum absolute atomic E-state index is 0.218. The number of thioether (sulfide) groups is 1. The summed E-state index contributed by atoms with van der Waals surface area (Å²) >= 11 is 1.70. The first-order chi connectivity index (χ1) is 19.6. The van der Waals surface area contributed by atoms with Gasteiger partial charge in [0.25, 0.3) is 0 Å². The molecule has 2 aromatic carbocycles. The lowest BCUT2D eigenvalue weighted by atomic mass is 9.92. The first kappa shape index (κ1) is 29.8. The number of carbonyl (C=O) groups is 1. The molecular weight excluding hydrogens is 512 g/mol. The Morgan fingerprint density at radius 2 is 1.55 bits per heavy atom. The molecule has 0 bridgehead atoms. The van der Waals surface area contributed by atoms with Gasteiger partial charge >= 0.3 is 5.97 Å². The molecule has 0 saturated heterocycles. The lowest BCUT2D eigenvalue weighted by Gasteiger charge is -2.29. The standard InChI is InChI=1S/C35H42N2O2S/c1-3-5-7-10-14-28-26-36-33(37-27-28)31-17-19-32(20-18-31)39-34(38)35(40-25-13-8-6-4-2)23-21-30(22-24-35)29-15-11-9-12-16-29/h9,11-12,15-23,26-27H,3-8,10,13-14,24-25H2,1-2H3. The summed E-state index contributed by atoms with van der Waals surface area (Å²) < 4.78 is 5.25. The third kappa shape index (κ3) is 8.41. The normalized spacial score (nSPS) is 16.5. The molecule has 4 rings (SSSR count). The molecule has 40 heavy (non-hydrogen) atoms. The van der Waals surface area contributed by atoms with Crippen molar-refractivity contribution in [1.29, 1.82) is 0 Å². The van der Waals surface area contributed by atoms with Gasteiger partial charge in [-0.1, -0.05) is 101 Å². The number of hydrogen-bond donors (Lipinski definition) is 0. The van der Waals surface area contributed by atoms with Crippen LogP contribution in [0.25, 0.3) is 17.0 Å². The molecule has 0 amide bonds.